The van der Waals surface area contributed by atoms with Crippen molar-refractivity contribution in [2.24, 2.45) is 5.92 Å². The second-order valence-electron chi connectivity index (χ2n) is 9.55. The third kappa shape index (κ3) is 6.70. The number of nitrogens with zero attached hydrogens (tertiary/aromatic N) is 2. The number of ketones is 1. The van der Waals surface area contributed by atoms with Crippen molar-refractivity contribution in [3.05, 3.63) is 53.6 Å². The highest BCUT2D eigenvalue weighted by molar-refractivity contribution is 6.02. The van der Waals surface area contributed by atoms with E-state index in [1.54, 1.807) is 34.9 Å². The monoisotopic (exact) mass is 522 g/mol. The summed E-state index contributed by atoms with van der Waals surface area (Å²) in [6, 6.07) is 12.5. The van der Waals surface area contributed by atoms with Gasteiger partial charge in [0.1, 0.15) is 11.5 Å². The van der Waals surface area contributed by atoms with Gasteiger partial charge in [-0.15, -0.1) is 0 Å². The van der Waals surface area contributed by atoms with Crippen LogP contribution in [-0.2, 0) is 19.1 Å². The Labute approximate surface area is 222 Å². The predicted molar refractivity (Wildman–Crippen MR) is 140 cm³/mol. The molecule has 1 fully saturated rings. The molecule has 0 N–H and O–H groups in total. The van der Waals surface area contributed by atoms with E-state index in [-0.39, 0.29) is 49.1 Å². The average Bonchev–Trinajstić information content (AvgIpc) is 2.93. The highest BCUT2D eigenvalue weighted by Gasteiger charge is 2.29. The van der Waals surface area contributed by atoms with Crippen LogP contribution < -0.4 is 14.4 Å². The molecule has 2 aromatic carbocycles. The minimum absolute atomic E-state index is 0.00502. The normalized spacial score (nSPS) is 15.5. The first-order chi connectivity index (χ1) is 18.4. The number of ether oxygens (including phenoxy) is 3. The van der Waals surface area contributed by atoms with Gasteiger partial charge in [0.25, 0.3) is 5.91 Å². The predicted octanol–water partition coefficient (Wildman–Crippen LogP) is 3.56. The fraction of sp³-hybridized carbons (Fsp3) is 0.448. The molecule has 0 radical (unpaired) electrons. The van der Waals surface area contributed by atoms with Crippen molar-refractivity contribution in [2.75, 3.05) is 44.4 Å². The Bertz CT molecular complexity index is 1170. The maximum Gasteiger partial charge on any atom is 0.309 e. The molecular formula is C29H34N2O7. The van der Waals surface area contributed by atoms with E-state index < -0.39 is 0 Å². The van der Waals surface area contributed by atoms with Crippen LogP contribution in [-0.4, -0.2) is 67.9 Å². The number of esters is 1. The zero-order valence-electron chi connectivity index (χ0n) is 21.9. The lowest BCUT2D eigenvalue weighted by molar-refractivity contribution is -0.151. The van der Waals surface area contributed by atoms with Crippen LogP contribution in [0.4, 0.5) is 5.69 Å². The molecule has 202 valence electrons. The third-order valence-electron chi connectivity index (χ3n) is 6.85. The van der Waals surface area contributed by atoms with Gasteiger partial charge in [-0.3, -0.25) is 19.2 Å². The lowest BCUT2D eigenvalue weighted by Crippen LogP contribution is -2.42. The van der Waals surface area contributed by atoms with Crippen molar-refractivity contribution in [1.82, 2.24) is 4.90 Å². The molecule has 2 heterocycles. The number of hydrogen-bond acceptors (Lipinski definition) is 7. The van der Waals surface area contributed by atoms with E-state index >= 15 is 0 Å². The number of aryl methyl sites for hydroxylation is 1. The van der Waals surface area contributed by atoms with Gasteiger partial charge in [0, 0.05) is 31.6 Å². The smallest absolute Gasteiger partial charge is 0.309 e. The van der Waals surface area contributed by atoms with Gasteiger partial charge in [-0.2, -0.15) is 0 Å². The molecule has 38 heavy (non-hydrogen) atoms. The Balaban J connectivity index is 1.31. The Morgan fingerprint density at radius 1 is 1.05 bits per heavy atom. The number of fused-ring (bicyclic) bond motifs is 1. The Hall–Kier alpha value is -3.88. The van der Waals surface area contributed by atoms with Crippen LogP contribution in [0.25, 0.3) is 0 Å². The molecular weight excluding hydrogens is 488 g/mol. The van der Waals surface area contributed by atoms with E-state index in [1.807, 2.05) is 31.2 Å². The molecule has 4 rings (SSSR count). The topological polar surface area (TPSA) is 102 Å². The minimum Gasteiger partial charge on any atom is -0.485 e. The summed E-state index contributed by atoms with van der Waals surface area (Å²) >= 11 is 0. The van der Waals surface area contributed by atoms with Gasteiger partial charge in [0.05, 0.1) is 18.2 Å². The third-order valence-corrected chi connectivity index (χ3v) is 6.85. The van der Waals surface area contributed by atoms with E-state index in [2.05, 4.69) is 0 Å². The summed E-state index contributed by atoms with van der Waals surface area (Å²) in [5.74, 6) is 0.355. The fourth-order valence-corrected chi connectivity index (χ4v) is 4.66. The summed E-state index contributed by atoms with van der Waals surface area (Å²) < 4.78 is 16.3. The molecule has 0 aliphatic carbocycles. The van der Waals surface area contributed by atoms with Gasteiger partial charge in [-0.25, -0.2) is 0 Å². The standard InChI is InChI=1S/C29H34N2O7/c1-3-36-29(35)21-12-15-30(16-13-21)27(33)5-4-14-31-24-17-22(8-11-26(24)38-19-28(31)34)25(32)18-37-23-9-6-20(2)7-10-23/h6-11,17,21H,3-5,12-16,18-19H2,1-2H3. The average molecular weight is 523 g/mol. The van der Waals surface area contributed by atoms with Crippen LogP contribution >= 0.6 is 0 Å². The van der Waals surface area contributed by atoms with Crippen molar-refractivity contribution in [2.45, 2.75) is 39.5 Å². The Morgan fingerprint density at radius 3 is 2.50 bits per heavy atom. The van der Waals surface area contributed by atoms with Crippen molar-refractivity contribution < 1.29 is 33.4 Å². The second kappa shape index (κ2) is 12.6. The number of piperidine rings is 1. The number of carbonyl (C=O) groups is 4. The molecule has 0 aromatic heterocycles. The van der Waals surface area contributed by atoms with Gasteiger partial charge in [-0.1, -0.05) is 17.7 Å². The summed E-state index contributed by atoms with van der Waals surface area (Å²) in [5, 5.41) is 0. The molecule has 0 atom stereocenters. The summed E-state index contributed by atoms with van der Waals surface area (Å²) in [6.07, 6.45) is 1.96. The number of amides is 2. The molecule has 2 amide bonds. The molecule has 1 saturated heterocycles. The lowest BCUT2D eigenvalue weighted by Gasteiger charge is -2.32. The summed E-state index contributed by atoms with van der Waals surface area (Å²) in [5.41, 5.74) is 2.04. The largest absolute Gasteiger partial charge is 0.485 e. The lowest BCUT2D eigenvalue weighted by atomic mass is 9.96. The van der Waals surface area contributed by atoms with E-state index in [0.29, 0.717) is 68.3 Å². The fourth-order valence-electron chi connectivity index (χ4n) is 4.66. The van der Waals surface area contributed by atoms with Crippen LogP contribution in [0.15, 0.2) is 42.5 Å². The van der Waals surface area contributed by atoms with Gasteiger partial charge < -0.3 is 24.0 Å². The molecule has 9 nitrogen and oxygen atoms in total. The van der Waals surface area contributed by atoms with E-state index in [4.69, 9.17) is 14.2 Å². The van der Waals surface area contributed by atoms with E-state index in [9.17, 15) is 19.2 Å². The first-order valence-electron chi connectivity index (χ1n) is 13.1. The first-order valence-corrected chi connectivity index (χ1v) is 13.1. The van der Waals surface area contributed by atoms with Gasteiger partial charge >= 0.3 is 5.97 Å². The highest BCUT2D eigenvalue weighted by Crippen LogP contribution is 2.33. The number of hydrogen-bond donors (Lipinski definition) is 0. The van der Waals surface area contributed by atoms with Crippen LogP contribution in [0.2, 0.25) is 0 Å². The molecule has 0 unspecified atom stereocenters. The second-order valence-corrected chi connectivity index (χ2v) is 9.55. The quantitative estimate of drug-likeness (QED) is 0.347. The maximum atomic E-state index is 12.8. The highest BCUT2D eigenvalue weighted by atomic mass is 16.5. The molecule has 0 spiro atoms. The van der Waals surface area contributed by atoms with Crippen molar-refractivity contribution >= 4 is 29.3 Å². The molecule has 9 heteroatoms. The number of anilines is 1. The van der Waals surface area contributed by atoms with Crippen LogP contribution in [0.3, 0.4) is 0 Å². The summed E-state index contributed by atoms with van der Waals surface area (Å²) in [6.45, 7) is 5.28. The molecule has 0 bridgehead atoms. The number of carbonyl (C=O) groups excluding carboxylic acids is 4. The van der Waals surface area contributed by atoms with E-state index in [1.165, 1.54) is 0 Å². The molecule has 2 aromatic rings. The zero-order valence-corrected chi connectivity index (χ0v) is 21.9. The molecule has 2 aliphatic heterocycles. The van der Waals surface area contributed by atoms with E-state index in [0.717, 1.165) is 5.56 Å². The van der Waals surface area contributed by atoms with Crippen molar-refractivity contribution in [1.29, 1.82) is 0 Å². The molecule has 2 aliphatic rings. The first kappa shape index (κ1) is 27.2. The summed E-state index contributed by atoms with van der Waals surface area (Å²) in [7, 11) is 0. The van der Waals surface area contributed by atoms with Gasteiger partial charge in [0.2, 0.25) is 5.91 Å². The summed E-state index contributed by atoms with van der Waals surface area (Å²) in [4.78, 5) is 53.5. The number of Topliss-reactive ketones (excluding diaryl/α,β-unsaturated/α-hetero) is 1. The SMILES string of the molecule is CCOC(=O)C1CCN(C(=O)CCCN2C(=O)COc3ccc(C(=O)COc4ccc(C)cc4)cc32)CC1. The number of rotatable bonds is 10. The Kier molecular flexibility index (Phi) is 8.99. The maximum absolute atomic E-state index is 12.8. The van der Waals surface area contributed by atoms with Crippen LogP contribution in [0.1, 0.15) is 48.5 Å². The van der Waals surface area contributed by atoms with Crippen molar-refractivity contribution in [3.8, 4) is 11.5 Å². The molecule has 0 saturated carbocycles. The minimum atomic E-state index is -0.222. The van der Waals surface area contributed by atoms with Gasteiger partial charge in [-0.05, 0) is 63.4 Å². The Morgan fingerprint density at radius 2 is 1.79 bits per heavy atom. The van der Waals surface area contributed by atoms with Crippen molar-refractivity contribution in [3.63, 3.8) is 0 Å². The zero-order chi connectivity index (χ0) is 27.1. The number of benzene rings is 2. The van der Waals surface area contributed by atoms with Gasteiger partial charge in [0.15, 0.2) is 19.0 Å². The van der Waals surface area contributed by atoms with Crippen LogP contribution in [0, 0.1) is 12.8 Å². The number of likely N-dealkylation sites (tertiary alicyclic amines) is 1. The van der Waals surface area contributed by atoms with Crippen LogP contribution in [0.5, 0.6) is 11.5 Å².